The Morgan fingerprint density at radius 1 is 0.792 bits per heavy atom. The topological polar surface area (TPSA) is 104 Å². The van der Waals surface area contributed by atoms with Gasteiger partial charge < -0.3 is 20.1 Å². The summed E-state index contributed by atoms with van der Waals surface area (Å²) in [6.45, 7) is 8.53. The predicted octanol–water partition coefficient (Wildman–Crippen LogP) is 2.47. The number of aliphatic hydroxyl groups is 3. The minimum atomic E-state index is -0.475. The number of Topliss-reactive ketones (excluding diaryl/α,β-unsaturated/α-hetero) is 1. The van der Waals surface area contributed by atoms with Gasteiger partial charge in [-0.1, -0.05) is 40.0 Å². The van der Waals surface area contributed by atoms with Gasteiger partial charge in [0.05, 0.1) is 7.11 Å². The summed E-state index contributed by atoms with van der Waals surface area (Å²) in [5.74, 6) is -0.644. The number of carbonyl (C=O) groups is 2. The number of carbonyl (C=O) groups excluding carboxylic acids is 2. The molecule has 0 saturated carbocycles. The Kier molecular flexibility index (Phi) is 55.8. The van der Waals surface area contributed by atoms with Crippen molar-refractivity contribution in [1.29, 1.82) is 0 Å². The molecule has 0 rings (SSSR count). The van der Waals surface area contributed by atoms with Crippen LogP contribution in [-0.2, 0) is 36.0 Å². The monoisotopic (exact) mass is 386 g/mol. The maximum Gasteiger partial charge on any atom is 0.313 e. The van der Waals surface area contributed by atoms with E-state index < -0.39 is 5.97 Å². The van der Waals surface area contributed by atoms with E-state index in [1.165, 1.54) is 14.0 Å². The SMILES string of the molecule is CCCCO.CCCCO.CCCCO.COC(=O)CC(C)=O.[Ti]. The average molecular weight is 386 g/mol. The van der Waals surface area contributed by atoms with Gasteiger partial charge >= 0.3 is 5.97 Å². The van der Waals surface area contributed by atoms with E-state index in [2.05, 4.69) is 25.5 Å². The number of hydrogen-bond acceptors (Lipinski definition) is 6. The van der Waals surface area contributed by atoms with Crippen LogP contribution in [0, 0.1) is 0 Å². The second-order valence-corrected chi connectivity index (χ2v) is 4.69. The fourth-order valence-electron chi connectivity index (χ4n) is 0.750. The van der Waals surface area contributed by atoms with Crippen molar-refractivity contribution in [3.8, 4) is 0 Å². The molecule has 0 heterocycles. The van der Waals surface area contributed by atoms with Crippen molar-refractivity contribution < 1.29 is 51.4 Å². The fourth-order valence-corrected chi connectivity index (χ4v) is 0.750. The zero-order valence-electron chi connectivity index (χ0n) is 16.1. The van der Waals surface area contributed by atoms with Gasteiger partial charge in [-0.25, -0.2) is 0 Å². The van der Waals surface area contributed by atoms with E-state index in [4.69, 9.17) is 15.3 Å². The predicted molar refractivity (Wildman–Crippen MR) is 93.3 cm³/mol. The Labute approximate surface area is 162 Å². The van der Waals surface area contributed by atoms with Gasteiger partial charge in [0, 0.05) is 41.5 Å². The molecule has 0 fully saturated rings. The number of aliphatic hydroxyl groups excluding tert-OH is 3. The van der Waals surface area contributed by atoms with Crippen molar-refractivity contribution in [2.24, 2.45) is 0 Å². The molecule has 0 aromatic carbocycles. The van der Waals surface area contributed by atoms with E-state index >= 15 is 0 Å². The average Bonchev–Trinajstić information content (AvgIpc) is 2.51. The Morgan fingerprint density at radius 3 is 1.12 bits per heavy atom. The number of unbranched alkanes of at least 4 members (excludes halogenated alkanes) is 3. The van der Waals surface area contributed by atoms with E-state index in [1.54, 1.807) is 0 Å². The molecule has 0 saturated heterocycles. The molecule has 0 unspecified atom stereocenters. The van der Waals surface area contributed by atoms with Crippen LogP contribution in [0.3, 0.4) is 0 Å². The van der Waals surface area contributed by atoms with Crippen molar-refractivity contribution >= 4 is 11.8 Å². The summed E-state index contributed by atoms with van der Waals surface area (Å²) in [6.07, 6.45) is 6.00. The van der Waals surface area contributed by atoms with Gasteiger partial charge in [-0.3, -0.25) is 9.59 Å². The molecule has 0 bridgehead atoms. The van der Waals surface area contributed by atoms with Gasteiger partial charge in [0.15, 0.2) is 0 Å². The Bertz CT molecular complexity index is 205. The molecule has 0 spiro atoms. The summed E-state index contributed by atoms with van der Waals surface area (Å²) in [5, 5.41) is 24.2. The molecule has 146 valence electrons. The summed E-state index contributed by atoms with van der Waals surface area (Å²) >= 11 is 0. The smallest absolute Gasteiger partial charge is 0.313 e. The number of hydrogen-bond donors (Lipinski definition) is 3. The van der Waals surface area contributed by atoms with E-state index in [0.717, 1.165) is 38.5 Å². The maximum absolute atomic E-state index is 10.2. The van der Waals surface area contributed by atoms with E-state index in [-0.39, 0.29) is 33.9 Å². The normalized spacial score (nSPS) is 8.00. The molecule has 7 heteroatoms. The first kappa shape index (κ1) is 35.0. The van der Waals surface area contributed by atoms with Crippen LogP contribution in [0.25, 0.3) is 0 Å². The van der Waals surface area contributed by atoms with Gasteiger partial charge in [0.1, 0.15) is 12.2 Å². The van der Waals surface area contributed by atoms with Crippen LogP contribution in [0.4, 0.5) is 0 Å². The number of methoxy groups -OCH3 is 1. The van der Waals surface area contributed by atoms with Gasteiger partial charge in [-0.2, -0.15) is 0 Å². The Hall–Kier alpha value is -0.266. The van der Waals surface area contributed by atoms with E-state index in [1.807, 2.05) is 0 Å². The van der Waals surface area contributed by atoms with Crippen LogP contribution >= 0.6 is 0 Å². The zero-order chi connectivity index (χ0) is 18.9. The summed E-state index contributed by atoms with van der Waals surface area (Å²) < 4.78 is 4.20. The molecular weight excluding hydrogens is 348 g/mol. The molecule has 3 N–H and O–H groups in total. The minimum absolute atomic E-state index is 0. The first-order chi connectivity index (χ1) is 10.9. The van der Waals surface area contributed by atoms with E-state index in [9.17, 15) is 9.59 Å². The van der Waals surface area contributed by atoms with Crippen molar-refractivity contribution in [2.75, 3.05) is 26.9 Å². The van der Waals surface area contributed by atoms with Gasteiger partial charge in [0.2, 0.25) is 0 Å². The quantitative estimate of drug-likeness (QED) is 0.336. The number of ketones is 1. The van der Waals surface area contributed by atoms with Gasteiger partial charge in [-0.15, -0.1) is 0 Å². The zero-order valence-corrected chi connectivity index (χ0v) is 17.7. The van der Waals surface area contributed by atoms with Crippen LogP contribution in [0.5, 0.6) is 0 Å². The summed E-state index contributed by atoms with van der Waals surface area (Å²) in [4.78, 5) is 20.3. The van der Waals surface area contributed by atoms with E-state index in [0.29, 0.717) is 19.8 Å². The van der Waals surface area contributed by atoms with Gasteiger partial charge in [0.25, 0.3) is 0 Å². The Morgan fingerprint density at radius 2 is 1.08 bits per heavy atom. The molecular formula is C17H38O6Ti. The van der Waals surface area contributed by atoms with Crippen molar-refractivity contribution in [1.82, 2.24) is 0 Å². The first-order valence-electron chi connectivity index (χ1n) is 8.30. The number of esters is 1. The molecule has 0 radical (unpaired) electrons. The second-order valence-electron chi connectivity index (χ2n) is 4.69. The van der Waals surface area contributed by atoms with Crippen LogP contribution in [0.2, 0.25) is 0 Å². The molecule has 6 nitrogen and oxygen atoms in total. The fraction of sp³-hybridized carbons (Fsp3) is 0.882. The maximum atomic E-state index is 10.2. The van der Waals surface area contributed by atoms with Crippen LogP contribution in [-0.4, -0.2) is 54.0 Å². The van der Waals surface area contributed by atoms with Gasteiger partial charge in [-0.05, 0) is 26.2 Å². The molecule has 0 aliphatic heterocycles. The summed E-state index contributed by atoms with van der Waals surface area (Å²) in [5.41, 5.74) is 0. The molecule has 0 aliphatic rings. The third-order valence-electron chi connectivity index (χ3n) is 2.16. The molecule has 0 aliphatic carbocycles. The Balaban J connectivity index is -0.0000000677. The summed E-state index contributed by atoms with van der Waals surface area (Å²) in [6, 6.07) is 0. The van der Waals surface area contributed by atoms with Crippen molar-refractivity contribution in [3.05, 3.63) is 0 Å². The molecule has 0 aromatic rings. The van der Waals surface area contributed by atoms with Crippen LogP contribution in [0.1, 0.15) is 72.6 Å². The van der Waals surface area contributed by atoms with Crippen molar-refractivity contribution in [3.63, 3.8) is 0 Å². The van der Waals surface area contributed by atoms with Crippen molar-refractivity contribution in [2.45, 2.75) is 72.6 Å². The number of rotatable bonds is 8. The second kappa shape index (κ2) is 38.3. The standard InChI is InChI=1S/C5H8O3.3C4H10O.Ti/c1-4(6)3-5(7)8-2;3*1-2-3-4-5;/h3H2,1-2H3;3*5H,2-4H2,1H3;. The molecule has 0 atom stereocenters. The summed E-state index contributed by atoms with van der Waals surface area (Å²) in [7, 11) is 1.26. The molecule has 0 amide bonds. The van der Waals surface area contributed by atoms with Crippen LogP contribution in [0.15, 0.2) is 0 Å². The third-order valence-corrected chi connectivity index (χ3v) is 2.16. The molecule has 24 heavy (non-hydrogen) atoms. The third kappa shape index (κ3) is 67.9. The first-order valence-corrected chi connectivity index (χ1v) is 8.30. The largest absolute Gasteiger partial charge is 0.469 e. The minimum Gasteiger partial charge on any atom is -0.469 e. The van der Waals surface area contributed by atoms with Crippen LogP contribution < -0.4 is 0 Å². The molecule has 0 aromatic heterocycles. The number of ether oxygens (including phenoxy) is 1.